The number of nitrogens with zero attached hydrogens (tertiary/aromatic N) is 1. The molecule has 0 fully saturated rings. The van der Waals surface area contributed by atoms with Crippen LogP contribution in [0.25, 0.3) is 11.1 Å². The lowest BCUT2D eigenvalue weighted by atomic mass is 9.96. The zero-order chi connectivity index (χ0) is 22.8. The molecule has 0 spiro atoms. The number of carboxylic acid groups (broad SMARTS) is 1. The van der Waals surface area contributed by atoms with Crippen LogP contribution in [-0.2, 0) is 14.6 Å². The van der Waals surface area contributed by atoms with Gasteiger partial charge in [-0.2, -0.15) is 0 Å². The molecular weight excluding hydrogens is 414 g/mol. The minimum absolute atomic E-state index is 0.0249. The van der Waals surface area contributed by atoms with Crippen molar-refractivity contribution in [2.75, 3.05) is 24.8 Å². The first kappa shape index (κ1) is 22.4. The van der Waals surface area contributed by atoms with Gasteiger partial charge < -0.3 is 14.7 Å². The number of sulfone groups is 1. The second kappa shape index (κ2) is 8.81. The molecule has 3 aromatic rings. The first-order chi connectivity index (χ1) is 14.6. The van der Waals surface area contributed by atoms with E-state index in [2.05, 4.69) is 26.0 Å². The van der Waals surface area contributed by atoms with Gasteiger partial charge in [0, 0.05) is 12.7 Å². The van der Waals surface area contributed by atoms with E-state index in [1.54, 1.807) is 19.2 Å². The molecule has 0 radical (unpaired) electrons. The summed E-state index contributed by atoms with van der Waals surface area (Å²) < 4.78 is 29.8. The number of rotatable bonds is 7. The van der Waals surface area contributed by atoms with Crippen molar-refractivity contribution in [1.29, 1.82) is 0 Å². The van der Waals surface area contributed by atoms with E-state index >= 15 is 0 Å². The summed E-state index contributed by atoms with van der Waals surface area (Å²) in [5.41, 5.74) is 6.15. The van der Waals surface area contributed by atoms with E-state index in [4.69, 9.17) is 9.84 Å². The number of aliphatic carboxylic acids is 1. The Hall–Kier alpha value is -3.32. The third-order valence-electron chi connectivity index (χ3n) is 5.35. The predicted molar refractivity (Wildman–Crippen MR) is 122 cm³/mol. The third-order valence-corrected chi connectivity index (χ3v) is 6.97. The molecule has 3 aromatic carbocycles. The Morgan fingerprint density at radius 1 is 1.03 bits per heavy atom. The summed E-state index contributed by atoms with van der Waals surface area (Å²) in [6, 6.07) is 18.3. The molecule has 31 heavy (non-hydrogen) atoms. The molecule has 0 saturated carbocycles. The fourth-order valence-corrected chi connectivity index (χ4v) is 4.49. The number of methoxy groups -OCH3 is 1. The van der Waals surface area contributed by atoms with E-state index in [1.165, 1.54) is 23.3 Å². The third kappa shape index (κ3) is 4.72. The topological polar surface area (TPSA) is 83.9 Å². The first-order valence-electron chi connectivity index (χ1n) is 9.67. The Morgan fingerprint density at radius 2 is 1.71 bits per heavy atom. The van der Waals surface area contributed by atoms with Crippen LogP contribution in [0, 0.1) is 13.8 Å². The molecule has 0 atom stereocenters. The summed E-state index contributed by atoms with van der Waals surface area (Å²) in [6.45, 7) is 4.17. The Kier molecular flexibility index (Phi) is 6.36. The fourth-order valence-electron chi connectivity index (χ4n) is 3.45. The van der Waals surface area contributed by atoms with Crippen LogP contribution in [0.3, 0.4) is 0 Å². The van der Waals surface area contributed by atoms with Crippen LogP contribution in [0.2, 0.25) is 0 Å². The molecule has 0 bridgehead atoms. The zero-order valence-electron chi connectivity index (χ0n) is 17.9. The van der Waals surface area contributed by atoms with Gasteiger partial charge in [0.2, 0.25) is 0 Å². The summed E-state index contributed by atoms with van der Waals surface area (Å²) in [6.07, 6.45) is 0. The molecule has 0 saturated heterocycles. The second-order valence-corrected chi connectivity index (χ2v) is 9.33. The lowest BCUT2D eigenvalue weighted by molar-refractivity contribution is -0.134. The normalized spacial score (nSPS) is 11.2. The van der Waals surface area contributed by atoms with E-state index in [0.29, 0.717) is 5.75 Å². The molecule has 162 valence electrons. The van der Waals surface area contributed by atoms with Crippen molar-refractivity contribution in [3.05, 3.63) is 71.8 Å². The molecule has 0 aromatic heterocycles. The maximum atomic E-state index is 12.1. The SMILES string of the molecule is COc1ccc(-c2cccc(C)c2C)cc1N(C)c1ccc(S(=O)(=O)CC(=O)O)cc1. The highest BCUT2D eigenvalue weighted by Gasteiger charge is 2.19. The summed E-state index contributed by atoms with van der Waals surface area (Å²) in [4.78, 5) is 12.7. The van der Waals surface area contributed by atoms with Gasteiger partial charge in [0.05, 0.1) is 17.7 Å². The Morgan fingerprint density at radius 3 is 2.32 bits per heavy atom. The van der Waals surface area contributed by atoms with Gasteiger partial charge >= 0.3 is 5.97 Å². The van der Waals surface area contributed by atoms with Crippen LogP contribution in [0.1, 0.15) is 11.1 Å². The van der Waals surface area contributed by atoms with Crippen LogP contribution in [0.15, 0.2) is 65.6 Å². The van der Waals surface area contributed by atoms with Crippen LogP contribution < -0.4 is 9.64 Å². The zero-order valence-corrected chi connectivity index (χ0v) is 18.7. The van der Waals surface area contributed by atoms with Crippen molar-refractivity contribution >= 4 is 27.2 Å². The number of aryl methyl sites for hydroxylation is 1. The lowest BCUT2D eigenvalue weighted by Crippen LogP contribution is -2.16. The molecule has 0 unspecified atom stereocenters. The number of ether oxygens (including phenoxy) is 1. The Bertz CT molecular complexity index is 1220. The molecule has 0 aliphatic rings. The number of benzene rings is 3. The number of carboxylic acids is 1. The average molecular weight is 440 g/mol. The Labute approximate surface area is 182 Å². The number of anilines is 2. The Balaban J connectivity index is 2.00. The van der Waals surface area contributed by atoms with Gasteiger partial charge in [-0.3, -0.25) is 4.79 Å². The number of hydrogen-bond donors (Lipinski definition) is 1. The molecule has 6 nitrogen and oxygen atoms in total. The van der Waals surface area contributed by atoms with E-state index in [0.717, 1.165) is 22.5 Å². The molecule has 3 rings (SSSR count). The molecule has 0 heterocycles. The summed E-state index contributed by atoms with van der Waals surface area (Å²) >= 11 is 0. The molecule has 7 heteroatoms. The van der Waals surface area contributed by atoms with Gasteiger partial charge in [-0.05, 0) is 72.5 Å². The number of hydrogen-bond acceptors (Lipinski definition) is 5. The lowest BCUT2D eigenvalue weighted by Gasteiger charge is -2.23. The van der Waals surface area contributed by atoms with E-state index in [-0.39, 0.29) is 4.90 Å². The molecule has 0 aliphatic heterocycles. The van der Waals surface area contributed by atoms with Crippen molar-refractivity contribution in [3.63, 3.8) is 0 Å². The highest BCUT2D eigenvalue weighted by atomic mass is 32.2. The van der Waals surface area contributed by atoms with Gasteiger partial charge in [-0.25, -0.2) is 8.42 Å². The van der Waals surface area contributed by atoms with Gasteiger partial charge in [0.15, 0.2) is 15.6 Å². The second-order valence-electron chi connectivity index (χ2n) is 7.34. The minimum atomic E-state index is -3.87. The summed E-state index contributed by atoms with van der Waals surface area (Å²) in [5.74, 6) is -1.64. The van der Waals surface area contributed by atoms with E-state index in [9.17, 15) is 13.2 Å². The van der Waals surface area contributed by atoms with Crippen molar-refractivity contribution in [2.45, 2.75) is 18.7 Å². The van der Waals surface area contributed by atoms with Crippen LogP contribution in [0.5, 0.6) is 5.75 Å². The maximum absolute atomic E-state index is 12.1. The summed E-state index contributed by atoms with van der Waals surface area (Å²) in [7, 11) is -0.404. The first-order valence-corrected chi connectivity index (χ1v) is 11.3. The molecule has 1 N–H and O–H groups in total. The maximum Gasteiger partial charge on any atom is 0.319 e. The van der Waals surface area contributed by atoms with Crippen molar-refractivity contribution in [2.24, 2.45) is 0 Å². The van der Waals surface area contributed by atoms with Gasteiger partial charge in [-0.15, -0.1) is 0 Å². The molecular formula is C24H25NO5S. The predicted octanol–water partition coefficient (Wildman–Crippen LogP) is 4.61. The number of carbonyl (C=O) groups is 1. The van der Waals surface area contributed by atoms with Gasteiger partial charge in [-0.1, -0.05) is 24.3 Å². The minimum Gasteiger partial charge on any atom is -0.495 e. The van der Waals surface area contributed by atoms with Crippen LogP contribution in [-0.4, -0.2) is 39.4 Å². The monoisotopic (exact) mass is 439 g/mol. The summed E-state index contributed by atoms with van der Waals surface area (Å²) in [5, 5.41) is 8.81. The average Bonchev–Trinajstić information content (AvgIpc) is 2.74. The van der Waals surface area contributed by atoms with Crippen molar-refractivity contribution < 1.29 is 23.1 Å². The highest BCUT2D eigenvalue weighted by Crippen LogP contribution is 2.37. The standard InChI is InChI=1S/C24H25NO5S/c1-16-6-5-7-21(17(16)2)18-8-13-23(30-4)22(14-18)25(3)19-9-11-20(12-10-19)31(28,29)15-24(26)27/h5-14H,15H2,1-4H3,(H,26,27). The van der Waals surface area contributed by atoms with E-state index < -0.39 is 21.6 Å². The van der Waals surface area contributed by atoms with E-state index in [1.807, 2.05) is 36.2 Å². The van der Waals surface area contributed by atoms with Gasteiger partial charge in [0.1, 0.15) is 5.75 Å². The fraction of sp³-hybridized carbons (Fsp3) is 0.208. The largest absolute Gasteiger partial charge is 0.495 e. The van der Waals surface area contributed by atoms with Crippen LogP contribution >= 0.6 is 0 Å². The van der Waals surface area contributed by atoms with Crippen molar-refractivity contribution in [1.82, 2.24) is 0 Å². The van der Waals surface area contributed by atoms with Crippen molar-refractivity contribution in [3.8, 4) is 16.9 Å². The molecule has 0 aliphatic carbocycles. The van der Waals surface area contributed by atoms with Crippen LogP contribution in [0.4, 0.5) is 11.4 Å². The smallest absolute Gasteiger partial charge is 0.319 e. The molecule has 0 amide bonds. The van der Waals surface area contributed by atoms with Gasteiger partial charge in [0.25, 0.3) is 0 Å². The highest BCUT2D eigenvalue weighted by molar-refractivity contribution is 7.92. The quantitative estimate of drug-likeness (QED) is 0.579.